The second-order valence-electron chi connectivity index (χ2n) is 7.87. The summed E-state index contributed by atoms with van der Waals surface area (Å²) in [6.45, 7) is 6.30. The molecule has 0 aliphatic rings. The van der Waals surface area contributed by atoms with Crippen molar-refractivity contribution >= 4 is 28.0 Å². The summed E-state index contributed by atoms with van der Waals surface area (Å²) in [6, 6.07) is 21.6. The number of hydrogen-bond donors (Lipinski definition) is 1. The van der Waals surface area contributed by atoms with E-state index in [1.165, 1.54) is 0 Å². The fourth-order valence-corrected chi connectivity index (χ4v) is 4.04. The molecule has 0 aliphatic heterocycles. The monoisotopic (exact) mass is 514 g/mol. The fourth-order valence-electron chi connectivity index (χ4n) is 3.58. The lowest BCUT2D eigenvalue weighted by molar-refractivity contribution is 0.317. The highest BCUT2D eigenvalue weighted by Gasteiger charge is 2.23. The fraction of sp³-hybridized carbons (Fsp3) is 0.143. The molecule has 0 atom stereocenters. The summed E-state index contributed by atoms with van der Waals surface area (Å²) in [7, 11) is 0. The van der Waals surface area contributed by atoms with Crippen LogP contribution < -0.4 is 4.74 Å². The van der Waals surface area contributed by atoms with Crippen molar-refractivity contribution < 1.29 is 14.3 Å². The van der Waals surface area contributed by atoms with E-state index in [9.17, 15) is 10.4 Å². The van der Waals surface area contributed by atoms with E-state index in [0.29, 0.717) is 39.3 Å². The lowest BCUT2D eigenvalue weighted by Crippen LogP contribution is -1.94. The SMILES string of the molecule is CCOc1cc(C=Nc2oc(-c3ccc(C)cc3)c(-c3ccc(C)cc3)c2C#N)cc(Br)c1O. The molecule has 0 fully saturated rings. The zero-order valence-electron chi connectivity index (χ0n) is 19.1. The normalized spacial score (nSPS) is 11.0. The van der Waals surface area contributed by atoms with Crippen molar-refractivity contribution in [2.24, 2.45) is 4.99 Å². The number of benzene rings is 3. The maximum atomic E-state index is 10.2. The molecule has 0 saturated carbocycles. The molecule has 0 unspecified atom stereocenters. The van der Waals surface area contributed by atoms with Gasteiger partial charge >= 0.3 is 0 Å². The predicted octanol–water partition coefficient (Wildman–Crippen LogP) is 7.72. The number of rotatable bonds is 6. The van der Waals surface area contributed by atoms with Gasteiger partial charge in [0.25, 0.3) is 0 Å². The summed E-state index contributed by atoms with van der Waals surface area (Å²) < 4.78 is 12.2. The molecule has 0 saturated heterocycles. The minimum atomic E-state index is 0.0260. The summed E-state index contributed by atoms with van der Waals surface area (Å²) in [5.74, 6) is 1.18. The number of furan rings is 1. The van der Waals surface area contributed by atoms with E-state index in [4.69, 9.17) is 9.15 Å². The number of nitriles is 1. The molecule has 170 valence electrons. The van der Waals surface area contributed by atoms with Gasteiger partial charge in [0.05, 0.1) is 11.1 Å². The molecule has 3 aromatic carbocycles. The summed E-state index contributed by atoms with van der Waals surface area (Å²) in [5.41, 5.74) is 5.76. The molecule has 4 rings (SSSR count). The summed E-state index contributed by atoms with van der Waals surface area (Å²) >= 11 is 3.34. The Hall–Kier alpha value is -3.82. The summed E-state index contributed by atoms with van der Waals surface area (Å²) in [6.07, 6.45) is 1.59. The van der Waals surface area contributed by atoms with Crippen molar-refractivity contribution in [1.82, 2.24) is 0 Å². The number of aromatic hydroxyl groups is 1. The largest absolute Gasteiger partial charge is 0.503 e. The van der Waals surface area contributed by atoms with Crippen LogP contribution in [0.2, 0.25) is 0 Å². The number of ether oxygens (including phenoxy) is 1. The van der Waals surface area contributed by atoms with Crippen LogP contribution in [0.15, 0.2) is 74.5 Å². The standard InChI is InChI=1S/C28H23BrN2O3/c1-4-33-24-14-19(13-23(29)26(24)32)16-31-28-22(15-30)25(20-9-5-17(2)6-10-20)27(34-28)21-11-7-18(3)8-12-21/h5-14,16,32H,4H2,1-3H3. The van der Waals surface area contributed by atoms with Crippen LogP contribution in [0, 0.1) is 25.2 Å². The molecule has 0 amide bonds. The first kappa shape index (κ1) is 23.3. The average molecular weight is 515 g/mol. The summed E-state index contributed by atoms with van der Waals surface area (Å²) in [5, 5.41) is 20.2. The van der Waals surface area contributed by atoms with Gasteiger partial charge in [-0.3, -0.25) is 0 Å². The van der Waals surface area contributed by atoms with Gasteiger partial charge in [-0.05, 0) is 60.0 Å². The maximum Gasteiger partial charge on any atom is 0.238 e. The minimum Gasteiger partial charge on any atom is -0.503 e. The second-order valence-corrected chi connectivity index (χ2v) is 8.73. The first-order valence-corrected chi connectivity index (χ1v) is 11.6. The summed E-state index contributed by atoms with van der Waals surface area (Å²) in [4.78, 5) is 4.51. The van der Waals surface area contributed by atoms with Crippen molar-refractivity contribution in [2.45, 2.75) is 20.8 Å². The van der Waals surface area contributed by atoms with Gasteiger partial charge in [0, 0.05) is 17.3 Å². The molecule has 6 heteroatoms. The molecule has 34 heavy (non-hydrogen) atoms. The lowest BCUT2D eigenvalue weighted by atomic mass is 9.97. The Labute approximate surface area is 207 Å². The third-order valence-electron chi connectivity index (χ3n) is 5.34. The Morgan fingerprint density at radius 2 is 1.65 bits per heavy atom. The predicted molar refractivity (Wildman–Crippen MR) is 138 cm³/mol. The Morgan fingerprint density at radius 1 is 1.03 bits per heavy atom. The average Bonchev–Trinajstić information content (AvgIpc) is 3.20. The van der Waals surface area contributed by atoms with Crippen LogP contribution in [0.1, 0.15) is 29.2 Å². The highest BCUT2D eigenvalue weighted by Crippen LogP contribution is 2.43. The number of aliphatic imine (C=N–C) groups is 1. The van der Waals surface area contributed by atoms with Gasteiger partial charge in [-0.1, -0.05) is 59.7 Å². The van der Waals surface area contributed by atoms with Crippen molar-refractivity contribution in [2.75, 3.05) is 6.61 Å². The molecular weight excluding hydrogens is 492 g/mol. The number of phenolic OH excluding ortho intramolecular Hbond substituents is 1. The van der Waals surface area contributed by atoms with E-state index in [2.05, 4.69) is 27.0 Å². The van der Waals surface area contributed by atoms with Crippen molar-refractivity contribution in [3.8, 4) is 40.0 Å². The number of halogens is 1. The minimum absolute atomic E-state index is 0.0260. The second kappa shape index (κ2) is 9.98. The Balaban J connectivity index is 1.85. The molecular formula is C28H23BrN2O3. The van der Waals surface area contributed by atoms with Crippen LogP contribution in [0.3, 0.4) is 0 Å². The third kappa shape index (κ3) is 4.75. The highest BCUT2D eigenvalue weighted by molar-refractivity contribution is 9.10. The molecule has 1 aromatic heterocycles. The smallest absolute Gasteiger partial charge is 0.238 e. The molecule has 1 heterocycles. The van der Waals surface area contributed by atoms with Gasteiger partial charge in [0.1, 0.15) is 17.4 Å². The van der Waals surface area contributed by atoms with Crippen LogP contribution in [0.25, 0.3) is 22.5 Å². The number of nitrogens with zero attached hydrogens (tertiary/aromatic N) is 2. The van der Waals surface area contributed by atoms with E-state index in [0.717, 1.165) is 22.3 Å². The van der Waals surface area contributed by atoms with Crippen LogP contribution in [0.5, 0.6) is 11.5 Å². The van der Waals surface area contributed by atoms with Crippen molar-refractivity contribution in [3.63, 3.8) is 0 Å². The van der Waals surface area contributed by atoms with E-state index in [-0.39, 0.29) is 11.6 Å². The van der Waals surface area contributed by atoms with E-state index in [1.807, 2.05) is 69.3 Å². The topological polar surface area (TPSA) is 78.8 Å². The molecule has 5 nitrogen and oxygen atoms in total. The molecule has 1 N–H and O–H groups in total. The number of aryl methyl sites for hydroxylation is 2. The zero-order valence-corrected chi connectivity index (χ0v) is 20.7. The lowest BCUT2D eigenvalue weighted by Gasteiger charge is -2.08. The van der Waals surface area contributed by atoms with Crippen molar-refractivity contribution in [1.29, 1.82) is 5.26 Å². The number of hydrogen-bond acceptors (Lipinski definition) is 5. The first-order chi connectivity index (χ1) is 16.4. The number of phenols is 1. The quantitative estimate of drug-likeness (QED) is 0.267. The van der Waals surface area contributed by atoms with Gasteiger partial charge in [0.2, 0.25) is 5.88 Å². The Bertz CT molecular complexity index is 1400. The van der Waals surface area contributed by atoms with Crippen LogP contribution in [-0.4, -0.2) is 17.9 Å². The Kier molecular flexibility index (Phi) is 6.85. The zero-order chi connectivity index (χ0) is 24.2. The maximum absolute atomic E-state index is 10.2. The molecule has 0 radical (unpaired) electrons. The third-order valence-corrected chi connectivity index (χ3v) is 5.94. The molecule has 0 spiro atoms. The Morgan fingerprint density at radius 3 is 2.24 bits per heavy atom. The van der Waals surface area contributed by atoms with Gasteiger partial charge in [0.15, 0.2) is 11.5 Å². The molecule has 0 bridgehead atoms. The highest BCUT2D eigenvalue weighted by atomic mass is 79.9. The molecule has 4 aromatic rings. The van der Waals surface area contributed by atoms with Gasteiger partial charge < -0.3 is 14.3 Å². The van der Waals surface area contributed by atoms with E-state index >= 15 is 0 Å². The van der Waals surface area contributed by atoms with Crippen LogP contribution in [-0.2, 0) is 0 Å². The first-order valence-electron chi connectivity index (χ1n) is 10.8. The van der Waals surface area contributed by atoms with Crippen molar-refractivity contribution in [3.05, 3.63) is 87.4 Å². The van der Waals surface area contributed by atoms with Crippen LogP contribution >= 0.6 is 15.9 Å². The van der Waals surface area contributed by atoms with E-state index < -0.39 is 0 Å². The van der Waals surface area contributed by atoms with Gasteiger partial charge in [-0.2, -0.15) is 5.26 Å². The van der Waals surface area contributed by atoms with E-state index in [1.54, 1.807) is 18.3 Å². The molecule has 0 aliphatic carbocycles. The van der Waals surface area contributed by atoms with Crippen LogP contribution in [0.4, 0.5) is 5.88 Å². The van der Waals surface area contributed by atoms with Gasteiger partial charge in [-0.15, -0.1) is 0 Å². The van der Waals surface area contributed by atoms with Gasteiger partial charge in [-0.25, -0.2) is 4.99 Å².